The highest BCUT2D eigenvalue weighted by Crippen LogP contribution is 2.16. The standard InChI is InChI=1S/C21H24BrN3O4/c1-21(2,3)29-20(28)24-13-18(26)25-17-10-5-4-7-15(17)12-23-19(27)14-8-6-9-16(22)11-14/h4-11H,12-13H2,1-3H3,(H,23,27)(H,24,28)(H,25,26). The van der Waals surface area contributed by atoms with Crippen LogP contribution in [-0.2, 0) is 16.1 Å². The predicted molar refractivity (Wildman–Crippen MR) is 115 cm³/mol. The lowest BCUT2D eigenvalue weighted by molar-refractivity contribution is -0.115. The second-order valence-corrected chi connectivity index (χ2v) is 8.17. The Kier molecular flexibility index (Phi) is 7.78. The molecule has 0 bridgehead atoms. The number of carbonyl (C=O) groups excluding carboxylic acids is 3. The fourth-order valence-electron chi connectivity index (χ4n) is 2.36. The summed E-state index contributed by atoms with van der Waals surface area (Å²) in [6.45, 7) is 5.23. The van der Waals surface area contributed by atoms with Crippen LogP contribution in [-0.4, -0.2) is 30.1 Å². The molecule has 29 heavy (non-hydrogen) atoms. The van der Waals surface area contributed by atoms with Gasteiger partial charge in [-0.15, -0.1) is 0 Å². The zero-order chi connectivity index (χ0) is 21.4. The first-order chi connectivity index (χ1) is 13.6. The number of para-hydroxylation sites is 1. The Bertz CT molecular complexity index is 893. The Morgan fingerprint density at radius 1 is 1.00 bits per heavy atom. The molecule has 0 heterocycles. The van der Waals surface area contributed by atoms with Gasteiger partial charge in [-0.2, -0.15) is 0 Å². The summed E-state index contributed by atoms with van der Waals surface area (Å²) in [5.74, 6) is -0.624. The normalized spacial score (nSPS) is 10.8. The molecule has 0 unspecified atom stereocenters. The summed E-state index contributed by atoms with van der Waals surface area (Å²) in [6.07, 6.45) is -0.665. The van der Waals surface area contributed by atoms with Crippen LogP contribution in [0.15, 0.2) is 53.0 Å². The molecule has 7 nitrogen and oxygen atoms in total. The molecule has 0 aliphatic carbocycles. The first kappa shape index (κ1) is 22.4. The number of hydrogen-bond donors (Lipinski definition) is 3. The monoisotopic (exact) mass is 461 g/mol. The molecular formula is C21H24BrN3O4. The molecule has 0 aliphatic rings. The number of rotatable bonds is 6. The van der Waals surface area contributed by atoms with Gasteiger partial charge >= 0.3 is 6.09 Å². The molecule has 8 heteroatoms. The lowest BCUT2D eigenvalue weighted by atomic mass is 10.1. The Balaban J connectivity index is 1.92. The van der Waals surface area contributed by atoms with Crippen molar-refractivity contribution >= 4 is 39.5 Å². The highest BCUT2D eigenvalue weighted by Gasteiger charge is 2.17. The van der Waals surface area contributed by atoms with E-state index in [1.807, 2.05) is 12.1 Å². The van der Waals surface area contributed by atoms with Crippen LogP contribution in [0.2, 0.25) is 0 Å². The number of carbonyl (C=O) groups is 3. The van der Waals surface area contributed by atoms with Gasteiger partial charge in [0.1, 0.15) is 12.1 Å². The molecule has 0 spiro atoms. The minimum Gasteiger partial charge on any atom is -0.444 e. The molecule has 3 N–H and O–H groups in total. The van der Waals surface area contributed by atoms with Crippen LogP contribution in [0, 0.1) is 0 Å². The first-order valence-electron chi connectivity index (χ1n) is 9.02. The number of anilines is 1. The van der Waals surface area contributed by atoms with E-state index in [0.29, 0.717) is 11.3 Å². The van der Waals surface area contributed by atoms with Crippen molar-refractivity contribution in [2.45, 2.75) is 32.9 Å². The minimum absolute atomic E-state index is 0.223. The van der Waals surface area contributed by atoms with Crippen molar-refractivity contribution in [3.8, 4) is 0 Å². The second-order valence-electron chi connectivity index (χ2n) is 7.25. The van der Waals surface area contributed by atoms with Crippen molar-refractivity contribution < 1.29 is 19.1 Å². The maximum Gasteiger partial charge on any atom is 0.408 e. The molecular weight excluding hydrogens is 438 g/mol. The van der Waals surface area contributed by atoms with Gasteiger partial charge in [0.15, 0.2) is 0 Å². The molecule has 2 rings (SSSR count). The van der Waals surface area contributed by atoms with Gasteiger partial charge in [-0.3, -0.25) is 9.59 Å². The molecule has 0 fully saturated rings. The zero-order valence-electron chi connectivity index (χ0n) is 16.5. The lowest BCUT2D eigenvalue weighted by Gasteiger charge is -2.19. The number of nitrogens with one attached hydrogen (secondary N) is 3. The van der Waals surface area contributed by atoms with Gasteiger partial charge in [-0.25, -0.2) is 4.79 Å². The molecule has 3 amide bonds. The number of benzene rings is 2. The molecule has 0 atom stereocenters. The molecule has 0 aromatic heterocycles. The molecule has 2 aromatic carbocycles. The first-order valence-corrected chi connectivity index (χ1v) is 9.82. The van der Waals surface area contributed by atoms with E-state index in [4.69, 9.17) is 4.74 Å². The van der Waals surface area contributed by atoms with Gasteiger partial charge in [0.25, 0.3) is 5.91 Å². The van der Waals surface area contributed by atoms with Crippen LogP contribution in [0.4, 0.5) is 10.5 Å². The van der Waals surface area contributed by atoms with Crippen LogP contribution in [0.25, 0.3) is 0 Å². The van der Waals surface area contributed by atoms with Crippen LogP contribution >= 0.6 is 15.9 Å². The largest absolute Gasteiger partial charge is 0.444 e. The van der Waals surface area contributed by atoms with Crippen molar-refractivity contribution in [2.24, 2.45) is 0 Å². The van der Waals surface area contributed by atoms with Gasteiger partial charge in [0.2, 0.25) is 5.91 Å². The Morgan fingerprint density at radius 3 is 2.41 bits per heavy atom. The maximum atomic E-state index is 12.3. The summed E-state index contributed by atoms with van der Waals surface area (Å²) in [5, 5.41) is 7.97. The van der Waals surface area contributed by atoms with Crippen molar-refractivity contribution in [3.05, 3.63) is 64.1 Å². The molecule has 0 radical (unpaired) electrons. The third-order valence-electron chi connectivity index (χ3n) is 3.61. The van der Waals surface area contributed by atoms with Crippen molar-refractivity contribution in [3.63, 3.8) is 0 Å². The Labute approximate surface area is 178 Å². The average molecular weight is 462 g/mol. The zero-order valence-corrected chi connectivity index (χ0v) is 18.1. The summed E-state index contributed by atoms with van der Waals surface area (Å²) >= 11 is 3.34. The fraction of sp³-hybridized carbons (Fsp3) is 0.286. The third-order valence-corrected chi connectivity index (χ3v) is 4.10. The average Bonchev–Trinajstić information content (AvgIpc) is 2.64. The number of amides is 3. The van der Waals surface area contributed by atoms with Gasteiger partial charge in [-0.1, -0.05) is 40.2 Å². The summed E-state index contributed by atoms with van der Waals surface area (Å²) in [4.78, 5) is 36.1. The summed E-state index contributed by atoms with van der Waals surface area (Å²) in [7, 11) is 0. The lowest BCUT2D eigenvalue weighted by Crippen LogP contribution is -2.37. The highest BCUT2D eigenvalue weighted by atomic mass is 79.9. The summed E-state index contributed by atoms with van der Waals surface area (Å²) in [5.41, 5.74) is 1.18. The molecule has 2 aromatic rings. The maximum absolute atomic E-state index is 12.3. The van der Waals surface area contributed by atoms with E-state index in [1.54, 1.807) is 57.2 Å². The van der Waals surface area contributed by atoms with E-state index < -0.39 is 17.6 Å². The van der Waals surface area contributed by atoms with Crippen LogP contribution in [0.1, 0.15) is 36.7 Å². The number of alkyl carbamates (subject to hydrolysis) is 1. The van der Waals surface area contributed by atoms with E-state index in [0.717, 1.165) is 10.0 Å². The van der Waals surface area contributed by atoms with E-state index in [2.05, 4.69) is 31.9 Å². The Hall–Kier alpha value is -2.87. The molecule has 0 saturated carbocycles. The summed E-state index contributed by atoms with van der Waals surface area (Å²) < 4.78 is 5.91. The smallest absolute Gasteiger partial charge is 0.408 e. The van der Waals surface area contributed by atoms with Crippen LogP contribution in [0.5, 0.6) is 0 Å². The van der Waals surface area contributed by atoms with Crippen molar-refractivity contribution in [2.75, 3.05) is 11.9 Å². The van der Waals surface area contributed by atoms with E-state index in [9.17, 15) is 14.4 Å². The third kappa shape index (κ3) is 7.95. The highest BCUT2D eigenvalue weighted by molar-refractivity contribution is 9.10. The van der Waals surface area contributed by atoms with Crippen molar-refractivity contribution in [1.82, 2.24) is 10.6 Å². The van der Waals surface area contributed by atoms with E-state index in [-0.39, 0.29) is 19.0 Å². The molecule has 0 saturated heterocycles. The van der Waals surface area contributed by atoms with E-state index >= 15 is 0 Å². The van der Waals surface area contributed by atoms with Crippen LogP contribution in [0.3, 0.4) is 0 Å². The topological polar surface area (TPSA) is 96.5 Å². The minimum atomic E-state index is -0.665. The van der Waals surface area contributed by atoms with Gasteiger partial charge in [-0.05, 0) is 50.6 Å². The van der Waals surface area contributed by atoms with E-state index in [1.165, 1.54) is 0 Å². The predicted octanol–water partition coefficient (Wildman–Crippen LogP) is 3.84. The van der Waals surface area contributed by atoms with Crippen LogP contribution < -0.4 is 16.0 Å². The summed E-state index contributed by atoms with van der Waals surface area (Å²) in [6, 6.07) is 14.2. The van der Waals surface area contributed by atoms with Crippen molar-refractivity contribution in [1.29, 1.82) is 0 Å². The number of halogens is 1. The number of hydrogen-bond acceptors (Lipinski definition) is 4. The fourth-order valence-corrected chi connectivity index (χ4v) is 2.76. The number of ether oxygens (including phenoxy) is 1. The second kappa shape index (κ2) is 10.1. The van der Waals surface area contributed by atoms with Gasteiger partial charge < -0.3 is 20.7 Å². The SMILES string of the molecule is CC(C)(C)OC(=O)NCC(=O)Nc1ccccc1CNC(=O)c1cccc(Br)c1. The molecule has 0 aliphatic heterocycles. The van der Waals surface area contributed by atoms with Gasteiger partial charge in [0.05, 0.1) is 0 Å². The van der Waals surface area contributed by atoms with Gasteiger partial charge in [0, 0.05) is 22.3 Å². The quantitative estimate of drug-likeness (QED) is 0.608. The Morgan fingerprint density at radius 2 is 1.72 bits per heavy atom. The molecule has 154 valence electrons.